The van der Waals surface area contributed by atoms with E-state index < -0.39 is 0 Å². The summed E-state index contributed by atoms with van der Waals surface area (Å²) in [6, 6.07) is 16.6. The average molecular weight is 451 g/mol. The summed E-state index contributed by atoms with van der Waals surface area (Å²) in [5.74, 6) is 1.41. The minimum atomic E-state index is 0.445. The number of benzene rings is 2. The van der Waals surface area contributed by atoms with E-state index in [0.717, 1.165) is 12.1 Å². The fraction of sp³-hybridized carbons (Fsp3) is 0.370. The van der Waals surface area contributed by atoms with Crippen molar-refractivity contribution in [3.8, 4) is 11.5 Å². The first-order valence-electron chi connectivity index (χ1n) is 11.6. The molecule has 0 atom stereocenters. The zero-order valence-electron chi connectivity index (χ0n) is 19.2. The first-order valence-corrected chi connectivity index (χ1v) is 11.6. The Morgan fingerprint density at radius 2 is 1.39 bits per heavy atom. The third-order valence-electron chi connectivity index (χ3n) is 5.44. The van der Waals surface area contributed by atoms with Gasteiger partial charge in [0.05, 0.1) is 45.0 Å². The van der Waals surface area contributed by atoms with E-state index in [0.29, 0.717) is 64.4 Å². The summed E-state index contributed by atoms with van der Waals surface area (Å²) < 4.78 is 30.7. The third kappa shape index (κ3) is 6.54. The Kier molecular flexibility index (Phi) is 8.69. The van der Waals surface area contributed by atoms with Crippen LogP contribution in [0.2, 0.25) is 0 Å². The van der Waals surface area contributed by atoms with Crippen molar-refractivity contribution in [3.05, 3.63) is 65.9 Å². The van der Waals surface area contributed by atoms with Crippen molar-refractivity contribution in [2.45, 2.75) is 13.5 Å². The first kappa shape index (κ1) is 23.2. The predicted molar refractivity (Wildman–Crippen MR) is 129 cm³/mol. The molecule has 2 heterocycles. The van der Waals surface area contributed by atoms with E-state index in [1.807, 2.05) is 18.2 Å². The molecule has 0 saturated heterocycles. The lowest BCUT2D eigenvalue weighted by atomic mass is 10.1. The molecule has 1 aliphatic rings. The van der Waals surface area contributed by atoms with Gasteiger partial charge in [-0.25, -0.2) is 0 Å². The number of ether oxygens (including phenoxy) is 5. The summed E-state index contributed by atoms with van der Waals surface area (Å²) in [6.45, 7) is 7.18. The van der Waals surface area contributed by atoms with Crippen LogP contribution in [0.1, 0.15) is 18.1 Å². The van der Waals surface area contributed by atoms with Gasteiger partial charge < -0.3 is 23.7 Å². The lowest BCUT2D eigenvalue weighted by Crippen LogP contribution is -2.32. The minimum Gasteiger partial charge on any atom is -0.487 e. The van der Waals surface area contributed by atoms with Gasteiger partial charge in [0.15, 0.2) is 17.7 Å². The summed E-state index contributed by atoms with van der Waals surface area (Å²) in [4.78, 5) is 0. The van der Waals surface area contributed by atoms with Gasteiger partial charge in [-0.3, -0.25) is 0 Å². The molecule has 174 valence electrons. The van der Waals surface area contributed by atoms with Crippen LogP contribution in [0.5, 0.6) is 11.5 Å². The number of aryl methyl sites for hydroxylation is 1. The zero-order valence-corrected chi connectivity index (χ0v) is 19.2. The standard InChI is InChI=1S/C27H32NO5/c1-2-28-12-11-23(24-5-3-4-6-25(24)28)9-7-22-8-10-26-27(21-22)33-20-18-31-16-14-29-13-15-30-17-19-32-26/h3-12,21H,2,13-20H2,1H3/q+1/b9-7+. The minimum absolute atomic E-state index is 0.445. The molecule has 0 saturated carbocycles. The number of rotatable bonds is 3. The van der Waals surface area contributed by atoms with Gasteiger partial charge in [-0.1, -0.05) is 30.4 Å². The Morgan fingerprint density at radius 1 is 0.727 bits per heavy atom. The maximum Gasteiger partial charge on any atom is 0.213 e. The van der Waals surface area contributed by atoms with Crippen molar-refractivity contribution < 1.29 is 28.3 Å². The van der Waals surface area contributed by atoms with E-state index >= 15 is 0 Å². The monoisotopic (exact) mass is 450 g/mol. The summed E-state index contributed by atoms with van der Waals surface area (Å²) in [5.41, 5.74) is 3.44. The highest BCUT2D eigenvalue weighted by atomic mass is 16.6. The predicted octanol–water partition coefficient (Wildman–Crippen LogP) is 4.14. The van der Waals surface area contributed by atoms with Gasteiger partial charge in [-0.15, -0.1) is 0 Å². The van der Waals surface area contributed by atoms with Crippen LogP contribution in [0.15, 0.2) is 54.7 Å². The Morgan fingerprint density at radius 3 is 2.12 bits per heavy atom. The van der Waals surface area contributed by atoms with E-state index in [1.165, 1.54) is 16.5 Å². The van der Waals surface area contributed by atoms with E-state index in [4.69, 9.17) is 23.7 Å². The van der Waals surface area contributed by atoms with Gasteiger partial charge >= 0.3 is 0 Å². The largest absolute Gasteiger partial charge is 0.487 e. The highest BCUT2D eigenvalue weighted by Crippen LogP contribution is 2.29. The molecule has 0 fully saturated rings. The maximum atomic E-state index is 5.99. The molecule has 6 nitrogen and oxygen atoms in total. The van der Waals surface area contributed by atoms with Gasteiger partial charge in [0.25, 0.3) is 0 Å². The number of hydrogen-bond donors (Lipinski definition) is 0. The van der Waals surface area contributed by atoms with Crippen molar-refractivity contribution in [3.63, 3.8) is 0 Å². The van der Waals surface area contributed by atoms with E-state index in [-0.39, 0.29) is 0 Å². The Bertz CT molecular complexity index is 1070. The van der Waals surface area contributed by atoms with Crippen molar-refractivity contribution in [1.29, 1.82) is 0 Å². The molecule has 0 radical (unpaired) electrons. The number of hydrogen-bond acceptors (Lipinski definition) is 5. The van der Waals surface area contributed by atoms with Crippen LogP contribution in [0.3, 0.4) is 0 Å². The normalized spacial score (nSPS) is 16.4. The van der Waals surface area contributed by atoms with Crippen LogP contribution in [0.25, 0.3) is 23.1 Å². The molecular formula is C27H32NO5+. The van der Waals surface area contributed by atoms with Gasteiger partial charge in [-0.05, 0) is 36.2 Å². The van der Waals surface area contributed by atoms with Crippen molar-refractivity contribution in [1.82, 2.24) is 0 Å². The summed E-state index contributed by atoms with van der Waals surface area (Å²) in [6.07, 6.45) is 6.39. The summed E-state index contributed by atoms with van der Waals surface area (Å²) in [5, 5.41) is 1.23. The highest BCUT2D eigenvalue weighted by Gasteiger charge is 2.10. The molecule has 6 heteroatoms. The Balaban J connectivity index is 1.53. The fourth-order valence-electron chi connectivity index (χ4n) is 3.74. The number of aromatic nitrogens is 1. The van der Waals surface area contributed by atoms with Crippen LogP contribution < -0.4 is 14.0 Å². The molecule has 2 aromatic carbocycles. The van der Waals surface area contributed by atoms with E-state index in [1.54, 1.807) is 0 Å². The zero-order chi connectivity index (χ0) is 22.7. The number of para-hydroxylation sites is 1. The number of nitrogens with zero attached hydrogens (tertiary/aromatic N) is 1. The second-order valence-corrected chi connectivity index (χ2v) is 7.65. The van der Waals surface area contributed by atoms with Crippen molar-refractivity contribution in [2.24, 2.45) is 0 Å². The van der Waals surface area contributed by atoms with Crippen molar-refractivity contribution >= 4 is 23.1 Å². The molecule has 33 heavy (non-hydrogen) atoms. The van der Waals surface area contributed by atoms with Gasteiger partial charge in [0, 0.05) is 12.1 Å². The van der Waals surface area contributed by atoms with E-state index in [9.17, 15) is 0 Å². The molecule has 1 aromatic heterocycles. The van der Waals surface area contributed by atoms with Gasteiger partial charge in [-0.2, -0.15) is 4.57 Å². The molecule has 0 aliphatic carbocycles. The third-order valence-corrected chi connectivity index (χ3v) is 5.44. The van der Waals surface area contributed by atoms with Crippen LogP contribution in [0, 0.1) is 0 Å². The summed E-state index contributed by atoms with van der Waals surface area (Å²) >= 11 is 0. The van der Waals surface area contributed by atoms with Crippen LogP contribution in [0.4, 0.5) is 0 Å². The Labute approximate surface area is 195 Å². The van der Waals surface area contributed by atoms with Crippen LogP contribution >= 0.6 is 0 Å². The molecule has 0 spiro atoms. The van der Waals surface area contributed by atoms with E-state index in [2.05, 4.69) is 60.2 Å². The quantitative estimate of drug-likeness (QED) is 0.562. The average Bonchev–Trinajstić information content (AvgIpc) is 2.86. The maximum absolute atomic E-state index is 5.99. The summed E-state index contributed by atoms with van der Waals surface area (Å²) in [7, 11) is 0. The molecule has 3 aromatic rings. The van der Waals surface area contributed by atoms with Crippen LogP contribution in [-0.2, 0) is 20.8 Å². The number of pyridine rings is 1. The molecule has 0 unspecified atom stereocenters. The fourth-order valence-corrected chi connectivity index (χ4v) is 3.74. The molecule has 0 amide bonds. The van der Waals surface area contributed by atoms with Gasteiger partial charge in [0.1, 0.15) is 19.8 Å². The first-order chi connectivity index (χ1) is 16.3. The van der Waals surface area contributed by atoms with Crippen LogP contribution in [-0.4, -0.2) is 52.9 Å². The topological polar surface area (TPSA) is 50.0 Å². The number of fused-ring (bicyclic) bond motifs is 2. The molecule has 0 N–H and O–H groups in total. The molecule has 0 bridgehead atoms. The second kappa shape index (κ2) is 12.3. The van der Waals surface area contributed by atoms with Gasteiger partial charge in [0.2, 0.25) is 5.52 Å². The second-order valence-electron chi connectivity index (χ2n) is 7.65. The molecular weight excluding hydrogens is 418 g/mol. The molecule has 1 aliphatic heterocycles. The SMILES string of the molecule is CC[n+]1ccc(/C=C/c2ccc3c(c2)OCCOCCOCCOCCO3)c2ccccc21. The molecule has 4 rings (SSSR count). The lowest BCUT2D eigenvalue weighted by Gasteiger charge is -2.13. The smallest absolute Gasteiger partial charge is 0.213 e. The lowest BCUT2D eigenvalue weighted by molar-refractivity contribution is -0.667. The highest BCUT2D eigenvalue weighted by molar-refractivity contribution is 5.88. The van der Waals surface area contributed by atoms with Crippen molar-refractivity contribution in [2.75, 3.05) is 52.9 Å². The Hall–Kier alpha value is -2.93.